The molecule has 0 aromatic rings. The molecule has 2 amide bonds. The first-order valence-electron chi connectivity index (χ1n) is 7.22. The highest BCUT2D eigenvalue weighted by Crippen LogP contribution is 2.22. The lowest BCUT2D eigenvalue weighted by Gasteiger charge is -2.22. The number of hydrogen-bond acceptors (Lipinski definition) is 2. The molecule has 0 saturated heterocycles. The van der Waals surface area contributed by atoms with Crippen LogP contribution in [0.25, 0.3) is 0 Å². The third-order valence-corrected chi connectivity index (χ3v) is 3.82. The van der Waals surface area contributed by atoms with E-state index < -0.39 is 5.97 Å². The van der Waals surface area contributed by atoms with Crippen LogP contribution in [0.15, 0.2) is 0 Å². The van der Waals surface area contributed by atoms with Crippen molar-refractivity contribution in [2.45, 2.75) is 57.9 Å². The summed E-state index contributed by atoms with van der Waals surface area (Å²) in [5.41, 5.74) is 0. The van der Waals surface area contributed by atoms with Crippen molar-refractivity contribution in [3.63, 3.8) is 0 Å². The topological polar surface area (TPSA) is 69.6 Å². The maximum absolute atomic E-state index is 11.9. The van der Waals surface area contributed by atoms with Crippen molar-refractivity contribution < 1.29 is 14.7 Å². The van der Waals surface area contributed by atoms with E-state index in [9.17, 15) is 9.59 Å². The van der Waals surface area contributed by atoms with Gasteiger partial charge < -0.3 is 15.3 Å². The lowest BCUT2D eigenvalue weighted by molar-refractivity contribution is -0.137. The molecule has 0 heterocycles. The van der Waals surface area contributed by atoms with Gasteiger partial charge in [-0.25, -0.2) is 4.79 Å². The Bertz CT molecular complexity index is 307. The zero-order chi connectivity index (χ0) is 14.3. The van der Waals surface area contributed by atoms with Crippen LogP contribution in [-0.4, -0.2) is 41.6 Å². The molecule has 0 aromatic carbocycles. The van der Waals surface area contributed by atoms with Crippen molar-refractivity contribution in [3.8, 4) is 0 Å². The quantitative estimate of drug-likeness (QED) is 0.754. The van der Waals surface area contributed by atoms with Crippen LogP contribution in [0.3, 0.4) is 0 Å². The number of rotatable bonds is 5. The molecule has 0 aromatic heterocycles. The second kappa shape index (κ2) is 8.02. The van der Waals surface area contributed by atoms with Crippen molar-refractivity contribution in [3.05, 3.63) is 0 Å². The average molecular weight is 270 g/mol. The minimum atomic E-state index is -0.813. The SMILES string of the molecule is CC1CCCC(NC(=O)N(C)CCCC(=O)O)CC1. The minimum absolute atomic E-state index is 0.0788. The molecule has 2 atom stereocenters. The van der Waals surface area contributed by atoms with E-state index >= 15 is 0 Å². The summed E-state index contributed by atoms with van der Waals surface area (Å²) in [6.07, 6.45) is 6.32. The van der Waals surface area contributed by atoms with E-state index in [1.807, 2.05) is 0 Å². The number of hydrogen-bond donors (Lipinski definition) is 2. The molecule has 1 fully saturated rings. The average Bonchev–Trinajstić information content (AvgIpc) is 2.54. The molecule has 19 heavy (non-hydrogen) atoms. The Hall–Kier alpha value is -1.26. The molecular weight excluding hydrogens is 244 g/mol. The predicted molar refractivity (Wildman–Crippen MR) is 74.1 cm³/mol. The van der Waals surface area contributed by atoms with Crippen LogP contribution in [0.5, 0.6) is 0 Å². The summed E-state index contributed by atoms with van der Waals surface area (Å²) >= 11 is 0. The lowest BCUT2D eigenvalue weighted by Crippen LogP contribution is -2.43. The molecule has 110 valence electrons. The van der Waals surface area contributed by atoms with Crippen molar-refractivity contribution in [1.82, 2.24) is 10.2 Å². The van der Waals surface area contributed by atoms with Gasteiger partial charge in [-0.3, -0.25) is 4.79 Å². The van der Waals surface area contributed by atoms with Gasteiger partial charge in [-0.05, 0) is 31.6 Å². The number of nitrogens with zero attached hydrogens (tertiary/aromatic N) is 1. The van der Waals surface area contributed by atoms with Crippen LogP contribution >= 0.6 is 0 Å². The maximum atomic E-state index is 11.9. The van der Waals surface area contributed by atoms with E-state index in [2.05, 4.69) is 12.2 Å². The lowest BCUT2D eigenvalue weighted by atomic mass is 10.0. The number of carboxylic acids is 1. The highest BCUT2D eigenvalue weighted by atomic mass is 16.4. The number of amides is 2. The highest BCUT2D eigenvalue weighted by molar-refractivity contribution is 5.74. The molecule has 1 aliphatic carbocycles. The molecule has 5 heteroatoms. The molecule has 1 aliphatic rings. The number of carbonyl (C=O) groups excluding carboxylic acids is 1. The minimum Gasteiger partial charge on any atom is -0.481 e. The van der Waals surface area contributed by atoms with Gasteiger partial charge in [0.1, 0.15) is 0 Å². The number of carbonyl (C=O) groups is 2. The van der Waals surface area contributed by atoms with Gasteiger partial charge in [-0.2, -0.15) is 0 Å². The van der Waals surface area contributed by atoms with Crippen molar-refractivity contribution >= 4 is 12.0 Å². The number of urea groups is 1. The fraction of sp³-hybridized carbons (Fsp3) is 0.857. The summed E-state index contributed by atoms with van der Waals surface area (Å²) in [6.45, 7) is 2.75. The molecule has 0 aliphatic heterocycles. The monoisotopic (exact) mass is 270 g/mol. The zero-order valence-electron chi connectivity index (χ0n) is 12.0. The summed E-state index contributed by atoms with van der Waals surface area (Å²) in [5.74, 6) is -0.0539. The normalized spacial score (nSPS) is 23.5. The third-order valence-electron chi connectivity index (χ3n) is 3.82. The first-order valence-corrected chi connectivity index (χ1v) is 7.22. The summed E-state index contributed by atoms with van der Waals surface area (Å²) in [6, 6.07) is 0.198. The van der Waals surface area contributed by atoms with Crippen LogP contribution in [0, 0.1) is 5.92 Å². The summed E-state index contributed by atoms with van der Waals surface area (Å²) < 4.78 is 0. The van der Waals surface area contributed by atoms with Gasteiger partial charge in [0, 0.05) is 26.1 Å². The first-order chi connectivity index (χ1) is 8.99. The second-order valence-electron chi connectivity index (χ2n) is 5.68. The van der Waals surface area contributed by atoms with Crippen molar-refractivity contribution in [2.75, 3.05) is 13.6 Å². The number of aliphatic carboxylic acids is 1. The summed E-state index contributed by atoms with van der Waals surface area (Å²) in [7, 11) is 1.72. The Morgan fingerprint density at radius 1 is 1.26 bits per heavy atom. The highest BCUT2D eigenvalue weighted by Gasteiger charge is 2.19. The van der Waals surface area contributed by atoms with Gasteiger partial charge in [0.25, 0.3) is 0 Å². The van der Waals surface area contributed by atoms with Gasteiger partial charge in [0.15, 0.2) is 0 Å². The Balaban J connectivity index is 2.26. The Morgan fingerprint density at radius 3 is 2.68 bits per heavy atom. The molecular formula is C14H26N2O3. The van der Waals surface area contributed by atoms with Crippen LogP contribution < -0.4 is 5.32 Å². The second-order valence-corrected chi connectivity index (χ2v) is 5.68. The Labute approximate surface area is 115 Å². The molecule has 0 bridgehead atoms. The van der Waals surface area contributed by atoms with Crippen LogP contribution in [0.4, 0.5) is 4.79 Å². The third kappa shape index (κ3) is 6.45. The largest absolute Gasteiger partial charge is 0.481 e. The van der Waals surface area contributed by atoms with Crippen molar-refractivity contribution in [2.24, 2.45) is 5.92 Å². The zero-order valence-corrected chi connectivity index (χ0v) is 12.0. The van der Waals surface area contributed by atoms with E-state index in [1.54, 1.807) is 11.9 Å². The van der Waals surface area contributed by atoms with Crippen LogP contribution in [0.2, 0.25) is 0 Å². The van der Waals surface area contributed by atoms with Gasteiger partial charge in [0.05, 0.1) is 0 Å². The van der Waals surface area contributed by atoms with Gasteiger partial charge in [-0.15, -0.1) is 0 Å². The van der Waals surface area contributed by atoms with E-state index in [0.29, 0.717) is 13.0 Å². The van der Waals surface area contributed by atoms with E-state index in [1.165, 1.54) is 19.3 Å². The predicted octanol–water partition coefficient (Wildman–Crippen LogP) is 2.46. The fourth-order valence-corrected chi connectivity index (χ4v) is 2.49. The van der Waals surface area contributed by atoms with Crippen molar-refractivity contribution in [1.29, 1.82) is 0 Å². The van der Waals surface area contributed by atoms with Gasteiger partial charge >= 0.3 is 12.0 Å². The first kappa shape index (κ1) is 15.8. The molecule has 5 nitrogen and oxygen atoms in total. The molecule has 0 radical (unpaired) electrons. The van der Waals surface area contributed by atoms with Crippen LogP contribution in [-0.2, 0) is 4.79 Å². The Morgan fingerprint density at radius 2 is 2.00 bits per heavy atom. The Kier molecular flexibility index (Phi) is 6.67. The number of nitrogens with one attached hydrogen (secondary N) is 1. The van der Waals surface area contributed by atoms with E-state index in [0.717, 1.165) is 18.8 Å². The summed E-state index contributed by atoms with van der Waals surface area (Å²) in [4.78, 5) is 23.9. The fourth-order valence-electron chi connectivity index (χ4n) is 2.49. The smallest absolute Gasteiger partial charge is 0.317 e. The maximum Gasteiger partial charge on any atom is 0.317 e. The number of carboxylic acid groups (broad SMARTS) is 1. The van der Waals surface area contributed by atoms with Crippen LogP contribution in [0.1, 0.15) is 51.9 Å². The molecule has 2 unspecified atom stereocenters. The van der Waals surface area contributed by atoms with E-state index in [-0.39, 0.29) is 18.5 Å². The van der Waals surface area contributed by atoms with E-state index in [4.69, 9.17) is 5.11 Å². The summed E-state index contributed by atoms with van der Waals surface area (Å²) in [5, 5.41) is 11.6. The molecule has 0 spiro atoms. The molecule has 1 rings (SSSR count). The van der Waals surface area contributed by atoms with Gasteiger partial charge in [0.2, 0.25) is 0 Å². The molecule has 2 N–H and O–H groups in total. The molecule has 1 saturated carbocycles. The standard InChI is InChI=1S/C14H26N2O3/c1-11-5-3-6-12(9-8-11)15-14(19)16(2)10-4-7-13(17)18/h11-12H,3-10H2,1-2H3,(H,15,19)(H,17,18). The van der Waals surface area contributed by atoms with Gasteiger partial charge in [-0.1, -0.05) is 19.8 Å².